The third-order valence-corrected chi connectivity index (χ3v) is 5.31. The summed E-state index contributed by atoms with van der Waals surface area (Å²) in [5.41, 5.74) is 6.20. The second-order valence-electron chi connectivity index (χ2n) is 7.03. The van der Waals surface area contributed by atoms with Gasteiger partial charge >= 0.3 is 0 Å². The first kappa shape index (κ1) is 19.1. The largest absolute Gasteiger partial charge is 0.289 e. The first-order valence-corrected chi connectivity index (χ1v) is 9.86. The van der Waals surface area contributed by atoms with E-state index in [0.29, 0.717) is 16.3 Å². The average molecular weight is 398 g/mol. The molecule has 0 saturated carbocycles. The lowest BCUT2D eigenvalue weighted by Gasteiger charge is -2.14. The Morgan fingerprint density at radius 2 is 1.59 bits per heavy atom. The van der Waals surface area contributed by atoms with Crippen LogP contribution in [0.15, 0.2) is 78.9 Å². The highest BCUT2D eigenvalue weighted by atomic mass is 35.5. The number of nitrogens with zero attached hydrogens (tertiary/aromatic N) is 1. The quantitative estimate of drug-likeness (QED) is 0.272. The second-order valence-corrected chi connectivity index (χ2v) is 7.46. The van der Waals surface area contributed by atoms with Crippen molar-refractivity contribution in [3.05, 3.63) is 106 Å². The number of carbonyl (C=O) groups is 1. The molecule has 0 amide bonds. The van der Waals surface area contributed by atoms with Gasteiger partial charge in [0, 0.05) is 21.7 Å². The van der Waals surface area contributed by atoms with Gasteiger partial charge in [0.2, 0.25) is 0 Å². The first-order valence-electron chi connectivity index (χ1n) is 9.48. The fourth-order valence-electron chi connectivity index (χ4n) is 3.58. The van der Waals surface area contributed by atoms with Crippen LogP contribution in [0.2, 0.25) is 5.02 Å². The molecule has 3 heteroatoms. The molecule has 0 saturated heterocycles. The van der Waals surface area contributed by atoms with Gasteiger partial charge in [-0.3, -0.25) is 9.78 Å². The highest BCUT2D eigenvalue weighted by Crippen LogP contribution is 2.34. The van der Waals surface area contributed by atoms with Crippen LogP contribution in [0.1, 0.15) is 27.2 Å². The van der Waals surface area contributed by atoms with Crippen LogP contribution in [0.25, 0.3) is 28.1 Å². The van der Waals surface area contributed by atoms with Crippen molar-refractivity contribution in [1.29, 1.82) is 0 Å². The van der Waals surface area contributed by atoms with E-state index in [9.17, 15) is 4.79 Å². The van der Waals surface area contributed by atoms with Crippen molar-refractivity contribution in [2.75, 3.05) is 0 Å². The molecule has 0 radical (unpaired) electrons. The number of pyridine rings is 1. The summed E-state index contributed by atoms with van der Waals surface area (Å²) >= 11 is 6.09. The molecule has 0 aliphatic heterocycles. The molecular formula is C26H20ClNO. The van der Waals surface area contributed by atoms with E-state index in [1.807, 2.05) is 92.7 Å². The molecule has 0 aliphatic rings. The molecule has 29 heavy (non-hydrogen) atoms. The summed E-state index contributed by atoms with van der Waals surface area (Å²) in [6.07, 6.45) is 3.51. The molecule has 0 aliphatic carbocycles. The molecular weight excluding hydrogens is 378 g/mol. The lowest BCUT2D eigenvalue weighted by molar-refractivity contribution is 0.104. The molecule has 0 unspecified atom stereocenters. The Kier molecular flexibility index (Phi) is 5.28. The maximum Gasteiger partial charge on any atom is 0.188 e. The molecule has 2 nitrogen and oxygen atoms in total. The van der Waals surface area contributed by atoms with Crippen LogP contribution in [-0.4, -0.2) is 10.8 Å². The fraction of sp³-hybridized carbons (Fsp3) is 0.0769. The van der Waals surface area contributed by atoms with Crippen molar-refractivity contribution < 1.29 is 4.79 Å². The van der Waals surface area contributed by atoms with E-state index in [4.69, 9.17) is 16.6 Å². The molecule has 0 bridgehead atoms. The average Bonchev–Trinajstić information content (AvgIpc) is 2.72. The van der Waals surface area contributed by atoms with E-state index >= 15 is 0 Å². The summed E-state index contributed by atoms with van der Waals surface area (Å²) in [7, 11) is 0. The minimum Gasteiger partial charge on any atom is -0.289 e. The maximum atomic E-state index is 13.3. The zero-order valence-electron chi connectivity index (χ0n) is 16.3. The molecule has 0 atom stereocenters. The van der Waals surface area contributed by atoms with Gasteiger partial charge in [0.05, 0.1) is 11.1 Å². The molecule has 1 heterocycles. The van der Waals surface area contributed by atoms with Gasteiger partial charge in [-0.15, -0.1) is 0 Å². The van der Waals surface area contributed by atoms with Crippen molar-refractivity contribution in [1.82, 2.24) is 4.98 Å². The van der Waals surface area contributed by atoms with Crippen molar-refractivity contribution in [3.8, 4) is 11.1 Å². The number of ketones is 1. The Hall–Kier alpha value is -3.23. The summed E-state index contributed by atoms with van der Waals surface area (Å²) in [5, 5.41) is 1.62. The Morgan fingerprint density at radius 3 is 2.34 bits per heavy atom. The van der Waals surface area contributed by atoms with E-state index in [1.54, 1.807) is 6.08 Å². The molecule has 4 aromatic rings. The standard InChI is InChI=1S/C26H20ClNO/c1-17-7-3-4-8-19(17)13-16-24(29)25-18(2)28-23-10-6-5-9-22(23)26(25)20-11-14-21(27)15-12-20/h3-16H,1-2H3/b16-13+. The number of aromatic nitrogens is 1. The second kappa shape index (κ2) is 8.02. The third kappa shape index (κ3) is 3.85. The van der Waals surface area contributed by atoms with Gasteiger partial charge in [-0.25, -0.2) is 0 Å². The van der Waals surface area contributed by atoms with Crippen LogP contribution >= 0.6 is 11.6 Å². The number of allylic oxidation sites excluding steroid dienone is 1. The number of carbonyl (C=O) groups excluding carboxylic acids is 1. The normalized spacial score (nSPS) is 11.3. The van der Waals surface area contributed by atoms with Crippen molar-refractivity contribution >= 4 is 34.4 Å². The van der Waals surface area contributed by atoms with Gasteiger partial charge in [0.1, 0.15) is 0 Å². The predicted molar refractivity (Wildman–Crippen MR) is 121 cm³/mol. The molecule has 0 spiro atoms. The van der Waals surface area contributed by atoms with Gasteiger partial charge in [-0.1, -0.05) is 72.3 Å². The van der Waals surface area contributed by atoms with Crippen molar-refractivity contribution in [3.63, 3.8) is 0 Å². The van der Waals surface area contributed by atoms with Crippen LogP contribution in [0.4, 0.5) is 0 Å². The van der Waals surface area contributed by atoms with Crippen LogP contribution in [0, 0.1) is 13.8 Å². The maximum absolute atomic E-state index is 13.3. The highest BCUT2D eigenvalue weighted by Gasteiger charge is 2.18. The Labute approximate surface area is 175 Å². The number of fused-ring (bicyclic) bond motifs is 1. The Balaban J connectivity index is 1.90. The number of hydrogen-bond donors (Lipinski definition) is 0. The number of aryl methyl sites for hydroxylation is 2. The Bertz CT molecular complexity index is 1240. The lowest BCUT2D eigenvalue weighted by atomic mass is 9.92. The first-order chi connectivity index (χ1) is 14.0. The summed E-state index contributed by atoms with van der Waals surface area (Å²) in [5.74, 6) is -0.0612. The van der Waals surface area contributed by atoms with Crippen LogP contribution < -0.4 is 0 Å². The van der Waals surface area contributed by atoms with Gasteiger partial charge in [-0.05, 0) is 54.8 Å². The van der Waals surface area contributed by atoms with E-state index < -0.39 is 0 Å². The molecule has 1 aromatic heterocycles. The third-order valence-electron chi connectivity index (χ3n) is 5.06. The number of hydrogen-bond acceptors (Lipinski definition) is 2. The molecule has 0 N–H and O–H groups in total. The fourth-order valence-corrected chi connectivity index (χ4v) is 3.70. The molecule has 4 rings (SSSR count). The van der Waals surface area contributed by atoms with Crippen LogP contribution in [0.5, 0.6) is 0 Å². The number of halogens is 1. The van der Waals surface area contributed by atoms with Crippen LogP contribution in [-0.2, 0) is 0 Å². The molecule has 142 valence electrons. The lowest BCUT2D eigenvalue weighted by Crippen LogP contribution is -2.05. The summed E-state index contributed by atoms with van der Waals surface area (Å²) < 4.78 is 0. The van der Waals surface area contributed by atoms with Gasteiger partial charge in [0.25, 0.3) is 0 Å². The minimum absolute atomic E-state index is 0.0612. The van der Waals surface area contributed by atoms with Gasteiger partial charge in [0.15, 0.2) is 5.78 Å². The van der Waals surface area contributed by atoms with E-state index in [-0.39, 0.29) is 5.78 Å². The SMILES string of the molecule is Cc1ccccc1/C=C/C(=O)c1c(C)nc2ccccc2c1-c1ccc(Cl)cc1. The van der Waals surface area contributed by atoms with Gasteiger partial charge < -0.3 is 0 Å². The highest BCUT2D eigenvalue weighted by molar-refractivity contribution is 6.30. The number of rotatable bonds is 4. The number of benzene rings is 3. The van der Waals surface area contributed by atoms with E-state index in [2.05, 4.69) is 0 Å². The smallest absolute Gasteiger partial charge is 0.188 e. The van der Waals surface area contributed by atoms with E-state index in [1.165, 1.54) is 0 Å². The van der Waals surface area contributed by atoms with Crippen molar-refractivity contribution in [2.45, 2.75) is 13.8 Å². The van der Waals surface area contributed by atoms with Crippen LogP contribution in [0.3, 0.4) is 0 Å². The van der Waals surface area contributed by atoms with Gasteiger partial charge in [-0.2, -0.15) is 0 Å². The summed E-state index contributed by atoms with van der Waals surface area (Å²) in [4.78, 5) is 18.0. The zero-order valence-corrected chi connectivity index (χ0v) is 17.1. The zero-order chi connectivity index (χ0) is 20.4. The topological polar surface area (TPSA) is 30.0 Å². The minimum atomic E-state index is -0.0612. The summed E-state index contributed by atoms with van der Waals surface area (Å²) in [6.45, 7) is 3.92. The van der Waals surface area contributed by atoms with Crippen molar-refractivity contribution in [2.24, 2.45) is 0 Å². The predicted octanol–water partition coefficient (Wildman–Crippen LogP) is 7.07. The summed E-state index contributed by atoms with van der Waals surface area (Å²) in [6, 6.07) is 23.5. The van der Waals surface area contributed by atoms with E-state index in [0.717, 1.165) is 33.2 Å². The molecule has 3 aromatic carbocycles. The Morgan fingerprint density at radius 1 is 0.897 bits per heavy atom. The monoisotopic (exact) mass is 397 g/mol. The molecule has 0 fully saturated rings. The number of para-hydroxylation sites is 1.